The number of ether oxygens (including phenoxy) is 2. The monoisotopic (exact) mass is 383 g/mol. The first-order chi connectivity index (χ1) is 12.1. The number of aryl methyl sites for hydroxylation is 1. The lowest BCUT2D eigenvalue weighted by molar-refractivity contribution is 0.395. The van der Waals surface area contributed by atoms with Crippen molar-refractivity contribution in [3.05, 3.63) is 50.8 Å². The lowest BCUT2D eigenvalue weighted by Gasteiger charge is -2.18. The second-order valence-electron chi connectivity index (χ2n) is 5.70. The minimum Gasteiger partial charge on any atom is -0.497 e. The average molecular weight is 383 g/mol. The zero-order valence-corrected chi connectivity index (χ0v) is 16.0. The molecule has 1 aromatic carbocycles. The molecule has 1 aromatic heterocycles. The number of nitrogens with zero attached hydrogens (tertiary/aromatic N) is 2. The van der Waals surface area contributed by atoms with Crippen LogP contribution in [-0.4, -0.2) is 31.8 Å². The Morgan fingerprint density at radius 1 is 1.12 bits per heavy atom. The van der Waals surface area contributed by atoms with Gasteiger partial charge in [-0.3, -0.25) is 9.36 Å². The minimum atomic E-state index is -4.18. The van der Waals surface area contributed by atoms with Crippen molar-refractivity contribution in [1.29, 1.82) is 0 Å². The summed E-state index contributed by atoms with van der Waals surface area (Å²) in [5, 5.41) is 0. The summed E-state index contributed by atoms with van der Waals surface area (Å²) < 4.78 is 40.0. The van der Waals surface area contributed by atoms with Crippen LogP contribution >= 0.6 is 0 Å². The third kappa shape index (κ3) is 3.65. The molecule has 0 saturated carbocycles. The number of hydrogen-bond donors (Lipinski definition) is 1. The lowest BCUT2D eigenvalue weighted by Crippen LogP contribution is -2.41. The predicted molar refractivity (Wildman–Crippen MR) is 95.2 cm³/mol. The average Bonchev–Trinajstić information content (AvgIpc) is 2.61. The third-order valence-corrected chi connectivity index (χ3v) is 5.46. The highest BCUT2D eigenvalue weighted by atomic mass is 32.2. The van der Waals surface area contributed by atoms with Crippen molar-refractivity contribution >= 4 is 10.0 Å². The molecule has 142 valence electrons. The number of rotatable bonds is 6. The molecule has 0 aliphatic carbocycles. The fourth-order valence-electron chi connectivity index (χ4n) is 2.50. The number of hydrogen-bond acceptors (Lipinski definition) is 6. The van der Waals surface area contributed by atoms with Gasteiger partial charge in [0, 0.05) is 31.9 Å². The van der Waals surface area contributed by atoms with E-state index >= 15 is 0 Å². The van der Waals surface area contributed by atoms with Crippen LogP contribution in [-0.2, 0) is 24.1 Å². The van der Waals surface area contributed by atoms with E-state index in [1.807, 2.05) is 0 Å². The minimum absolute atomic E-state index is 0.467. The summed E-state index contributed by atoms with van der Waals surface area (Å²) in [6.07, 6.45) is 1.00. The maximum absolute atomic E-state index is 12.7. The Hall–Kier alpha value is -2.59. The van der Waals surface area contributed by atoms with Crippen LogP contribution in [0.2, 0.25) is 0 Å². The summed E-state index contributed by atoms with van der Waals surface area (Å²) in [5.41, 5.74) is -0.973. The fraction of sp³-hybridized carbons (Fsp3) is 0.375. The largest absolute Gasteiger partial charge is 0.497 e. The summed E-state index contributed by atoms with van der Waals surface area (Å²) in [6.45, 7) is 1.61. The van der Waals surface area contributed by atoms with Crippen LogP contribution in [0.5, 0.6) is 11.5 Å². The van der Waals surface area contributed by atoms with Crippen LogP contribution in [0.1, 0.15) is 18.5 Å². The van der Waals surface area contributed by atoms with Crippen LogP contribution in [0.25, 0.3) is 0 Å². The topological polar surface area (TPSA) is 109 Å². The van der Waals surface area contributed by atoms with Gasteiger partial charge in [0.15, 0.2) is 4.90 Å². The van der Waals surface area contributed by atoms with Crippen LogP contribution in [0, 0.1) is 0 Å². The molecule has 26 heavy (non-hydrogen) atoms. The van der Waals surface area contributed by atoms with Gasteiger partial charge in [-0.15, -0.1) is 0 Å². The standard InChI is InChI=1S/C16H21N3O6S/c1-10(12-8-11(24-4)6-7-13(12)25-5)17-26(22,23)14-9-18(2)16(21)19(3)15(14)20/h6-10,17H,1-5H3/t10-/m0/s1. The highest BCUT2D eigenvalue weighted by molar-refractivity contribution is 7.89. The maximum Gasteiger partial charge on any atom is 0.330 e. The molecule has 0 unspecified atom stereocenters. The first kappa shape index (κ1) is 19.7. The van der Waals surface area contributed by atoms with Crippen molar-refractivity contribution in [2.75, 3.05) is 14.2 Å². The van der Waals surface area contributed by atoms with Gasteiger partial charge in [0.1, 0.15) is 11.5 Å². The molecule has 0 bridgehead atoms. The number of benzene rings is 1. The molecule has 0 aliphatic rings. The summed E-state index contributed by atoms with van der Waals surface area (Å²) in [4.78, 5) is 23.4. The molecule has 0 amide bonds. The van der Waals surface area contributed by atoms with Gasteiger partial charge in [-0.25, -0.2) is 17.9 Å². The van der Waals surface area contributed by atoms with E-state index in [0.29, 0.717) is 17.1 Å². The molecule has 10 heteroatoms. The van der Waals surface area contributed by atoms with E-state index in [1.165, 1.54) is 28.3 Å². The molecule has 0 spiro atoms. The molecule has 9 nitrogen and oxygen atoms in total. The van der Waals surface area contributed by atoms with Crippen molar-refractivity contribution in [2.45, 2.75) is 17.9 Å². The lowest BCUT2D eigenvalue weighted by atomic mass is 10.1. The van der Waals surface area contributed by atoms with Gasteiger partial charge < -0.3 is 14.0 Å². The van der Waals surface area contributed by atoms with Gasteiger partial charge >= 0.3 is 5.69 Å². The molecular weight excluding hydrogens is 362 g/mol. The zero-order valence-electron chi connectivity index (χ0n) is 15.1. The molecule has 0 saturated heterocycles. The SMILES string of the molecule is COc1ccc(OC)c([C@H](C)NS(=O)(=O)c2cn(C)c(=O)n(C)c2=O)c1. The van der Waals surface area contributed by atoms with Crippen LogP contribution in [0.15, 0.2) is 38.9 Å². The highest BCUT2D eigenvalue weighted by Gasteiger charge is 2.25. The molecule has 0 fully saturated rings. The highest BCUT2D eigenvalue weighted by Crippen LogP contribution is 2.29. The fourth-order valence-corrected chi connectivity index (χ4v) is 3.88. The molecule has 1 heterocycles. The molecule has 0 aliphatic heterocycles. The third-order valence-electron chi connectivity index (χ3n) is 3.94. The molecule has 1 atom stereocenters. The Bertz CT molecular complexity index is 1040. The van der Waals surface area contributed by atoms with E-state index in [4.69, 9.17) is 9.47 Å². The smallest absolute Gasteiger partial charge is 0.330 e. The molecule has 1 N–H and O–H groups in total. The molecule has 2 aromatic rings. The quantitative estimate of drug-likeness (QED) is 0.760. The summed E-state index contributed by atoms with van der Waals surface area (Å²) in [5.74, 6) is 0.999. The number of methoxy groups -OCH3 is 2. The Kier molecular flexibility index (Phi) is 5.57. The molecule has 0 radical (unpaired) electrons. The van der Waals surface area contributed by atoms with Crippen molar-refractivity contribution in [3.8, 4) is 11.5 Å². The van der Waals surface area contributed by atoms with Gasteiger partial charge in [-0.2, -0.15) is 0 Å². The van der Waals surface area contributed by atoms with Crippen LogP contribution in [0.4, 0.5) is 0 Å². The Morgan fingerprint density at radius 3 is 2.35 bits per heavy atom. The van der Waals surface area contributed by atoms with Crippen LogP contribution in [0.3, 0.4) is 0 Å². The van der Waals surface area contributed by atoms with Crippen molar-refractivity contribution in [2.24, 2.45) is 14.1 Å². The molecule has 2 rings (SSSR count). The van der Waals surface area contributed by atoms with Gasteiger partial charge in [-0.1, -0.05) is 0 Å². The first-order valence-electron chi connectivity index (χ1n) is 7.63. The van der Waals surface area contributed by atoms with Crippen molar-refractivity contribution in [1.82, 2.24) is 13.9 Å². The van der Waals surface area contributed by atoms with Crippen LogP contribution < -0.4 is 25.4 Å². The van der Waals surface area contributed by atoms with Crippen molar-refractivity contribution < 1.29 is 17.9 Å². The van der Waals surface area contributed by atoms with E-state index in [-0.39, 0.29) is 0 Å². The second kappa shape index (κ2) is 7.34. The summed E-state index contributed by atoms with van der Waals surface area (Å²) in [6, 6.07) is 4.27. The van der Waals surface area contributed by atoms with E-state index < -0.39 is 32.2 Å². The van der Waals surface area contributed by atoms with Gasteiger partial charge in [0.25, 0.3) is 5.56 Å². The number of aromatic nitrogens is 2. The second-order valence-corrected chi connectivity index (χ2v) is 7.38. The normalized spacial score (nSPS) is 12.7. The van der Waals surface area contributed by atoms with E-state index in [9.17, 15) is 18.0 Å². The Morgan fingerprint density at radius 2 is 1.77 bits per heavy atom. The van der Waals surface area contributed by atoms with Crippen molar-refractivity contribution in [3.63, 3.8) is 0 Å². The van der Waals surface area contributed by atoms with E-state index in [0.717, 1.165) is 15.3 Å². The van der Waals surface area contributed by atoms with Gasteiger partial charge in [0.2, 0.25) is 10.0 Å². The Balaban J connectivity index is 2.48. The Labute approximate surface area is 150 Å². The maximum atomic E-state index is 12.7. The molecular formula is C16H21N3O6S. The van der Waals surface area contributed by atoms with E-state index in [1.54, 1.807) is 25.1 Å². The summed E-state index contributed by atoms with van der Waals surface area (Å²) in [7, 11) is 1.37. The van der Waals surface area contributed by atoms with E-state index in [2.05, 4.69) is 4.72 Å². The predicted octanol–water partition coefficient (Wildman–Crippen LogP) is 0.141. The number of nitrogens with one attached hydrogen (secondary N) is 1. The zero-order chi connectivity index (χ0) is 19.6. The van der Waals surface area contributed by atoms with Gasteiger partial charge in [0.05, 0.1) is 14.2 Å². The first-order valence-corrected chi connectivity index (χ1v) is 9.11. The summed E-state index contributed by atoms with van der Waals surface area (Å²) >= 11 is 0. The number of sulfonamides is 1. The van der Waals surface area contributed by atoms with Gasteiger partial charge in [-0.05, 0) is 25.1 Å².